The lowest BCUT2D eigenvalue weighted by atomic mass is 10.1. The number of carbonyl (C=O) groups excluding carboxylic acids is 3. The molecular formula is C16H14N2O7S. The van der Waals surface area contributed by atoms with Crippen molar-refractivity contribution in [2.24, 2.45) is 0 Å². The third-order valence-electron chi connectivity index (χ3n) is 3.36. The first-order valence-corrected chi connectivity index (χ1v) is 8.18. The molecular weight excluding hydrogens is 364 g/mol. The summed E-state index contributed by atoms with van der Waals surface area (Å²) in [5, 5.41) is 21.6. The van der Waals surface area contributed by atoms with Crippen LogP contribution in [0.25, 0.3) is 6.08 Å². The number of benzene rings is 1. The zero-order chi connectivity index (χ0) is 19.3. The average Bonchev–Trinajstić information content (AvgIpc) is 2.88. The smallest absolute Gasteiger partial charge is 0.326 e. The van der Waals surface area contributed by atoms with E-state index < -0.39 is 35.0 Å². The molecule has 0 saturated carbocycles. The largest absolute Gasteiger partial charge is 0.481 e. The van der Waals surface area contributed by atoms with Gasteiger partial charge in [0.05, 0.1) is 4.91 Å². The van der Waals surface area contributed by atoms with Crippen LogP contribution >= 0.6 is 11.8 Å². The summed E-state index contributed by atoms with van der Waals surface area (Å²) in [4.78, 5) is 56.6. The normalized spacial score (nSPS) is 16.2. The first-order chi connectivity index (χ1) is 12.3. The predicted octanol–water partition coefficient (Wildman–Crippen LogP) is 1.06. The van der Waals surface area contributed by atoms with Crippen LogP contribution < -0.4 is 10.6 Å². The molecule has 136 valence electrons. The molecule has 9 nitrogen and oxygen atoms in total. The Morgan fingerprint density at radius 3 is 2.31 bits per heavy atom. The van der Waals surface area contributed by atoms with Gasteiger partial charge in [-0.3, -0.25) is 24.5 Å². The van der Waals surface area contributed by atoms with Crippen LogP contribution in [-0.4, -0.2) is 45.2 Å². The van der Waals surface area contributed by atoms with Crippen molar-refractivity contribution < 1.29 is 34.2 Å². The molecule has 1 aliphatic heterocycles. The van der Waals surface area contributed by atoms with Crippen molar-refractivity contribution >= 4 is 46.8 Å². The molecule has 0 bridgehead atoms. The highest BCUT2D eigenvalue weighted by Gasteiger charge is 2.25. The fraction of sp³-hybridized carbons (Fsp3) is 0.188. The molecule has 0 aliphatic carbocycles. The van der Waals surface area contributed by atoms with Crippen molar-refractivity contribution in [1.29, 1.82) is 0 Å². The summed E-state index contributed by atoms with van der Waals surface area (Å²) >= 11 is 0.767. The number of nitrogens with one attached hydrogen (secondary N) is 2. The Labute approximate surface area is 151 Å². The molecule has 1 atom stereocenters. The minimum absolute atomic E-state index is 0.174. The summed E-state index contributed by atoms with van der Waals surface area (Å²) < 4.78 is 0. The molecule has 2 rings (SSSR count). The quantitative estimate of drug-likeness (QED) is 0.514. The SMILES string of the molecule is O=C(O)CC[C@H](NC(=O)c1ccc(/C=C2\SC(=O)NC2=O)cc1)C(=O)O. The molecule has 0 spiro atoms. The number of aliphatic carboxylic acids is 2. The standard InChI is InChI=1S/C16H14N2O7S/c19-12(20)6-5-10(15(23)24)17-13(21)9-3-1-8(2-4-9)7-11-14(22)18-16(25)26-11/h1-4,7,10H,5-6H2,(H,17,21)(H,19,20)(H,23,24)(H,18,22,25)/b11-7-/t10-/m0/s1. The first-order valence-electron chi connectivity index (χ1n) is 7.36. The van der Waals surface area contributed by atoms with Crippen molar-refractivity contribution in [3.8, 4) is 0 Å². The number of carboxylic acid groups (broad SMARTS) is 2. The van der Waals surface area contributed by atoms with Crippen LogP contribution in [0.5, 0.6) is 0 Å². The molecule has 10 heteroatoms. The van der Waals surface area contributed by atoms with Crippen LogP contribution in [-0.2, 0) is 14.4 Å². The summed E-state index contributed by atoms with van der Waals surface area (Å²) in [6.07, 6.45) is 0.864. The van der Waals surface area contributed by atoms with Gasteiger partial charge in [-0.2, -0.15) is 0 Å². The van der Waals surface area contributed by atoms with Gasteiger partial charge in [0.1, 0.15) is 6.04 Å². The van der Waals surface area contributed by atoms with Gasteiger partial charge in [0, 0.05) is 12.0 Å². The summed E-state index contributed by atoms with van der Waals surface area (Å²) in [5.41, 5.74) is 0.753. The monoisotopic (exact) mass is 378 g/mol. The molecule has 1 aliphatic rings. The van der Waals surface area contributed by atoms with Crippen LogP contribution in [0, 0.1) is 0 Å². The highest BCUT2D eigenvalue weighted by atomic mass is 32.2. The maximum absolute atomic E-state index is 12.1. The minimum Gasteiger partial charge on any atom is -0.481 e. The molecule has 0 unspecified atom stereocenters. The van der Waals surface area contributed by atoms with Crippen LogP contribution in [0.2, 0.25) is 0 Å². The topological polar surface area (TPSA) is 150 Å². The molecule has 1 saturated heterocycles. The van der Waals surface area contributed by atoms with E-state index in [4.69, 9.17) is 10.2 Å². The van der Waals surface area contributed by atoms with E-state index in [1.54, 1.807) is 0 Å². The fourth-order valence-corrected chi connectivity index (χ4v) is 2.75. The van der Waals surface area contributed by atoms with Gasteiger partial charge >= 0.3 is 11.9 Å². The van der Waals surface area contributed by atoms with Gasteiger partial charge in [0.15, 0.2) is 0 Å². The van der Waals surface area contributed by atoms with Crippen LogP contribution in [0.3, 0.4) is 0 Å². The van der Waals surface area contributed by atoms with Gasteiger partial charge in [-0.25, -0.2) is 4.79 Å². The zero-order valence-corrected chi connectivity index (χ0v) is 14.0. The fourth-order valence-electron chi connectivity index (χ4n) is 2.07. The van der Waals surface area contributed by atoms with Crippen LogP contribution in [0.1, 0.15) is 28.8 Å². The predicted molar refractivity (Wildman–Crippen MR) is 91.3 cm³/mol. The van der Waals surface area contributed by atoms with E-state index in [-0.39, 0.29) is 23.3 Å². The molecule has 26 heavy (non-hydrogen) atoms. The van der Waals surface area contributed by atoms with Gasteiger partial charge in [0.25, 0.3) is 17.1 Å². The summed E-state index contributed by atoms with van der Waals surface area (Å²) in [6, 6.07) is 4.61. The van der Waals surface area contributed by atoms with Crippen LogP contribution in [0.4, 0.5) is 4.79 Å². The van der Waals surface area contributed by atoms with Gasteiger partial charge < -0.3 is 15.5 Å². The third-order valence-corrected chi connectivity index (χ3v) is 4.17. The molecule has 4 N–H and O–H groups in total. The number of rotatable bonds is 7. The van der Waals surface area contributed by atoms with Gasteiger partial charge in [-0.1, -0.05) is 12.1 Å². The maximum Gasteiger partial charge on any atom is 0.326 e. The Kier molecular flexibility index (Phi) is 6.12. The highest BCUT2D eigenvalue weighted by Crippen LogP contribution is 2.25. The van der Waals surface area contributed by atoms with E-state index >= 15 is 0 Å². The molecule has 1 aromatic rings. The lowest BCUT2D eigenvalue weighted by Gasteiger charge is -2.13. The van der Waals surface area contributed by atoms with Crippen molar-refractivity contribution in [2.45, 2.75) is 18.9 Å². The Morgan fingerprint density at radius 2 is 1.81 bits per heavy atom. The lowest BCUT2D eigenvalue weighted by Crippen LogP contribution is -2.41. The molecule has 3 amide bonds. The second-order valence-corrected chi connectivity index (χ2v) is 6.29. The maximum atomic E-state index is 12.1. The lowest BCUT2D eigenvalue weighted by molar-refractivity contribution is -0.140. The van der Waals surface area contributed by atoms with E-state index in [2.05, 4.69) is 10.6 Å². The average molecular weight is 378 g/mol. The molecule has 1 fully saturated rings. The van der Waals surface area contributed by atoms with Crippen molar-refractivity contribution in [3.63, 3.8) is 0 Å². The Bertz CT molecular complexity index is 801. The second-order valence-electron chi connectivity index (χ2n) is 5.27. The van der Waals surface area contributed by atoms with E-state index in [9.17, 15) is 24.0 Å². The number of hydrogen-bond donors (Lipinski definition) is 4. The Hall–Kier alpha value is -3.14. The van der Waals surface area contributed by atoms with E-state index in [1.807, 2.05) is 0 Å². The van der Waals surface area contributed by atoms with Crippen molar-refractivity contribution in [2.75, 3.05) is 0 Å². The number of hydrogen-bond acceptors (Lipinski definition) is 6. The molecule has 1 aromatic carbocycles. The van der Waals surface area contributed by atoms with E-state index in [0.717, 1.165) is 11.8 Å². The number of carboxylic acids is 2. The zero-order valence-electron chi connectivity index (χ0n) is 13.2. The summed E-state index contributed by atoms with van der Waals surface area (Å²) in [7, 11) is 0. The minimum atomic E-state index is -1.32. The third kappa shape index (κ3) is 5.18. The summed E-state index contributed by atoms with van der Waals surface area (Å²) in [5.74, 6) is -3.64. The number of amides is 3. The van der Waals surface area contributed by atoms with Gasteiger partial charge in [-0.05, 0) is 42.0 Å². The molecule has 0 radical (unpaired) electrons. The highest BCUT2D eigenvalue weighted by molar-refractivity contribution is 8.18. The number of thioether (sulfide) groups is 1. The van der Waals surface area contributed by atoms with Gasteiger partial charge in [-0.15, -0.1) is 0 Å². The Morgan fingerprint density at radius 1 is 1.15 bits per heavy atom. The van der Waals surface area contributed by atoms with Crippen molar-refractivity contribution in [1.82, 2.24) is 10.6 Å². The second kappa shape index (κ2) is 8.30. The molecule has 0 aromatic heterocycles. The first kappa shape index (κ1) is 19.2. The van der Waals surface area contributed by atoms with Crippen molar-refractivity contribution in [3.05, 3.63) is 40.3 Å². The van der Waals surface area contributed by atoms with Gasteiger partial charge in [0.2, 0.25) is 0 Å². The van der Waals surface area contributed by atoms with E-state index in [1.165, 1.54) is 30.3 Å². The van der Waals surface area contributed by atoms with E-state index in [0.29, 0.717) is 5.56 Å². The number of carbonyl (C=O) groups is 5. The number of imide groups is 1. The Balaban J connectivity index is 2.04. The van der Waals surface area contributed by atoms with Crippen LogP contribution in [0.15, 0.2) is 29.2 Å². The summed E-state index contributed by atoms with van der Waals surface area (Å²) in [6.45, 7) is 0. The molecule has 1 heterocycles.